The van der Waals surface area contributed by atoms with Crippen molar-refractivity contribution < 1.29 is 28.9 Å². The predicted octanol–water partition coefficient (Wildman–Crippen LogP) is 5.60. The third kappa shape index (κ3) is 8.29. The molecule has 0 bridgehead atoms. The number of benzene rings is 3. The van der Waals surface area contributed by atoms with E-state index in [1.807, 2.05) is 32.0 Å². The Morgan fingerprint density at radius 2 is 1.68 bits per heavy atom. The summed E-state index contributed by atoms with van der Waals surface area (Å²) in [5, 5.41) is 12.6. The molecule has 0 aliphatic heterocycles. The molecule has 0 spiro atoms. The minimum absolute atomic E-state index is 0.296. The van der Waals surface area contributed by atoms with E-state index in [0.29, 0.717) is 34.4 Å². The van der Waals surface area contributed by atoms with Crippen LogP contribution in [0.2, 0.25) is 5.02 Å². The van der Waals surface area contributed by atoms with Crippen LogP contribution in [0.25, 0.3) is 6.08 Å². The minimum atomic E-state index is -1.29. The highest BCUT2D eigenvalue weighted by Gasteiger charge is 2.14. The first-order valence-electron chi connectivity index (χ1n) is 11.8. The lowest BCUT2D eigenvalue weighted by atomic mass is 10.1. The second kappa shape index (κ2) is 13.4. The van der Waals surface area contributed by atoms with E-state index in [1.165, 1.54) is 18.7 Å². The van der Waals surface area contributed by atoms with Crippen LogP contribution in [-0.2, 0) is 16.0 Å². The van der Waals surface area contributed by atoms with Crippen molar-refractivity contribution in [3.63, 3.8) is 0 Å². The Balaban J connectivity index is 1.60. The van der Waals surface area contributed by atoms with Crippen LogP contribution in [0.1, 0.15) is 28.7 Å². The number of hydrogen-bond donors (Lipinski definition) is 2. The second-order valence-electron chi connectivity index (χ2n) is 8.42. The summed E-state index contributed by atoms with van der Waals surface area (Å²) in [5.41, 5.74) is 3.11. The van der Waals surface area contributed by atoms with Crippen LogP contribution in [0.15, 0.2) is 66.4 Å². The molecule has 194 valence electrons. The summed E-state index contributed by atoms with van der Waals surface area (Å²) < 4.78 is 16.8. The average Bonchev–Trinajstić information content (AvgIpc) is 2.89. The van der Waals surface area contributed by atoms with Gasteiger partial charge in [-0.05, 0) is 79.3 Å². The largest absolute Gasteiger partial charge is 0.493 e. The molecule has 0 unspecified atom stereocenters. The van der Waals surface area contributed by atoms with Crippen LogP contribution in [0.3, 0.4) is 0 Å². The standard InChI is InChI=1S/C29H30ClNO6/c1-19-14-23(15-20(2)28(19)30)37-18-27(32)31-24(29(33)34)16-22-11-12-25(26(17-22)35-3)36-13-7-10-21-8-5-4-6-9-21/h4-6,8-9,11-12,14-17H,7,10,13,18H2,1-3H3,(H,31,32)(H,33,34)/b24-16+. The van der Waals surface area contributed by atoms with Crippen molar-refractivity contribution in [2.24, 2.45) is 0 Å². The zero-order valence-corrected chi connectivity index (χ0v) is 21.8. The number of methoxy groups -OCH3 is 1. The van der Waals surface area contributed by atoms with Gasteiger partial charge in [0, 0.05) is 5.02 Å². The molecule has 0 aliphatic carbocycles. The molecule has 2 N–H and O–H groups in total. The SMILES string of the molecule is COc1cc(/C=C(/NC(=O)COc2cc(C)c(Cl)c(C)c2)C(=O)O)ccc1OCCCc1ccccc1. The first-order chi connectivity index (χ1) is 17.8. The summed E-state index contributed by atoms with van der Waals surface area (Å²) in [4.78, 5) is 24.1. The third-order valence-electron chi connectivity index (χ3n) is 5.49. The number of ether oxygens (including phenoxy) is 3. The molecular formula is C29H30ClNO6. The van der Waals surface area contributed by atoms with Crippen LogP contribution in [0.5, 0.6) is 17.2 Å². The van der Waals surface area contributed by atoms with Gasteiger partial charge in [-0.1, -0.05) is 48.0 Å². The van der Waals surface area contributed by atoms with Crippen LogP contribution in [0, 0.1) is 13.8 Å². The van der Waals surface area contributed by atoms with Crippen LogP contribution in [-0.4, -0.2) is 37.3 Å². The molecule has 3 aromatic carbocycles. The molecule has 37 heavy (non-hydrogen) atoms. The van der Waals surface area contributed by atoms with Crippen molar-refractivity contribution >= 4 is 29.6 Å². The van der Waals surface area contributed by atoms with Gasteiger partial charge in [0.25, 0.3) is 5.91 Å². The van der Waals surface area contributed by atoms with E-state index >= 15 is 0 Å². The third-order valence-corrected chi connectivity index (χ3v) is 6.09. The lowest BCUT2D eigenvalue weighted by molar-refractivity contribution is -0.134. The van der Waals surface area contributed by atoms with Crippen LogP contribution < -0.4 is 19.5 Å². The normalized spacial score (nSPS) is 11.1. The summed E-state index contributed by atoms with van der Waals surface area (Å²) in [6, 6.07) is 18.6. The van der Waals surface area contributed by atoms with Crippen molar-refractivity contribution in [3.8, 4) is 17.2 Å². The van der Waals surface area contributed by atoms with Gasteiger partial charge >= 0.3 is 5.97 Å². The summed E-state index contributed by atoms with van der Waals surface area (Å²) in [7, 11) is 1.51. The molecule has 3 aromatic rings. The number of aryl methyl sites for hydroxylation is 3. The number of carbonyl (C=O) groups is 2. The Bertz CT molecular complexity index is 1250. The molecule has 0 saturated heterocycles. The lowest BCUT2D eigenvalue weighted by Crippen LogP contribution is -2.31. The number of halogens is 1. The first-order valence-corrected chi connectivity index (χ1v) is 12.1. The van der Waals surface area contributed by atoms with E-state index in [4.69, 9.17) is 25.8 Å². The molecule has 0 aromatic heterocycles. The van der Waals surface area contributed by atoms with Crippen molar-refractivity contribution in [2.45, 2.75) is 26.7 Å². The van der Waals surface area contributed by atoms with Crippen molar-refractivity contribution in [3.05, 3.63) is 93.6 Å². The fraction of sp³-hybridized carbons (Fsp3) is 0.241. The lowest BCUT2D eigenvalue weighted by Gasteiger charge is -2.12. The molecule has 0 heterocycles. The first kappa shape index (κ1) is 27.6. The van der Waals surface area contributed by atoms with Crippen molar-refractivity contribution in [2.75, 3.05) is 20.3 Å². The molecule has 0 saturated carbocycles. The quantitative estimate of drug-likeness (QED) is 0.237. The number of hydrogen-bond acceptors (Lipinski definition) is 5. The van der Waals surface area contributed by atoms with E-state index in [-0.39, 0.29) is 12.3 Å². The molecule has 7 nitrogen and oxygen atoms in total. The number of carboxylic acid groups (broad SMARTS) is 1. The highest BCUT2D eigenvalue weighted by molar-refractivity contribution is 6.32. The van der Waals surface area contributed by atoms with E-state index in [2.05, 4.69) is 17.4 Å². The minimum Gasteiger partial charge on any atom is -0.493 e. The van der Waals surface area contributed by atoms with Gasteiger partial charge in [-0.3, -0.25) is 4.79 Å². The fourth-order valence-corrected chi connectivity index (χ4v) is 3.75. The number of rotatable bonds is 12. The number of carbonyl (C=O) groups excluding carboxylic acids is 1. The Hall–Kier alpha value is -3.97. The summed E-state index contributed by atoms with van der Waals surface area (Å²) in [6.45, 7) is 3.82. The van der Waals surface area contributed by atoms with Gasteiger partial charge in [0.1, 0.15) is 11.4 Å². The Labute approximate surface area is 221 Å². The van der Waals surface area contributed by atoms with Gasteiger partial charge < -0.3 is 24.6 Å². The molecular weight excluding hydrogens is 494 g/mol. The van der Waals surface area contributed by atoms with Gasteiger partial charge in [-0.2, -0.15) is 0 Å². The fourth-order valence-electron chi connectivity index (χ4n) is 3.64. The molecule has 0 fully saturated rings. The number of nitrogens with one attached hydrogen (secondary N) is 1. The molecule has 0 atom stereocenters. The van der Waals surface area contributed by atoms with Crippen molar-refractivity contribution in [1.82, 2.24) is 5.32 Å². The van der Waals surface area contributed by atoms with Gasteiger partial charge in [0.2, 0.25) is 0 Å². The molecule has 3 rings (SSSR count). The summed E-state index contributed by atoms with van der Waals surface area (Å²) in [5.74, 6) is -0.410. The maximum Gasteiger partial charge on any atom is 0.352 e. The molecule has 0 aliphatic rings. The maximum absolute atomic E-state index is 12.4. The van der Waals surface area contributed by atoms with E-state index in [0.717, 1.165) is 24.0 Å². The average molecular weight is 524 g/mol. The number of amides is 1. The predicted molar refractivity (Wildman–Crippen MR) is 143 cm³/mol. The van der Waals surface area contributed by atoms with E-state index < -0.39 is 11.9 Å². The van der Waals surface area contributed by atoms with Gasteiger partial charge in [-0.25, -0.2) is 4.79 Å². The van der Waals surface area contributed by atoms with Gasteiger partial charge in [0.15, 0.2) is 18.1 Å². The van der Waals surface area contributed by atoms with Crippen LogP contribution in [0.4, 0.5) is 0 Å². The maximum atomic E-state index is 12.4. The van der Waals surface area contributed by atoms with Gasteiger partial charge in [-0.15, -0.1) is 0 Å². The smallest absolute Gasteiger partial charge is 0.352 e. The topological polar surface area (TPSA) is 94.1 Å². The molecule has 0 radical (unpaired) electrons. The number of carboxylic acids is 1. The monoisotopic (exact) mass is 523 g/mol. The van der Waals surface area contributed by atoms with Gasteiger partial charge in [0.05, 0.1) is 13.7 Å². The van der Waals surface area contributed by atoms with Crippen LogP contribution >= 0.6 is 11.6 Å². The Morgan fingerprint density at radius 3 is 2.32 bits per heavy atom. The highest BCUT2D eigenvalue weighted by Crippen LogP contribution is 2.29. The van der Waals surface area contributed by atoms with E-state index in [1.54, 1.807) is 30.3 Å². The Morgan fingerprint density at radius 1 is 0.973 bits per heavy atom. The van der Waals surface area contributed by atoms with Crippen molar-refractivity contribution in [1.29, 1.82) is 0 Å². The van der Waals surface area contributed by atoms with E-state index in [9.17, 15) is 14.7 Å². The molecule has 1 amide bonds. The zero-order valence-electron chi connectivity index (χ0n) is 21.0. The Kier molecular flexibility index (Phi) is 9.98. The summed E-state index contributed by atoms with van der Waals surface area (Å²) >= 11 is 6.15. The molecule has 8 heteroatoms. The highest BCUT2D eigenvalue weighted by atomic mass is 35.5. The summed E-state index contributed by atoms with van der Waals surface area (Å²) in [6.07, 6.45) is 3.08. The zero-order chi connectivity index (χ0) is 26.8. The number of aliphatic carboxylic acids is 1. The second-order valence-corrected chi connectivity index (χ2v) is 8.80.